The molecule has 0 fully saturated rings. The molecule has 1 aromatic carbocycles. The first-order chi connectivity index (χ1) is 7.68. The zero-order valence-corrected chi connectivity index (χ0v) is 9.38. The lowest BCUT2D eigenvalue weighted by Gasteiger charge is -2.06. The summed E-state index contributed by atoms with van der Waals surface area (Å²) in [4.78, 5) is 0. The molecular weight excluding hydrogens is 212 g/mol. The zero-order chi connectivity index (χ0) is 11.8. The quantitative estimate of drug-likeness (QED) is 0.725. The van der Waals surface area contributed by atoms with Gasteiger partial charge in [-0.15, -0.1) is 0 Å². The van der Waals surface area contributed by atoms with Crippen LogP contribution in [0.1, 0.15) is 11.1 Å². The van der Waals surface area contributed by atoms with Crippen molar-refractivity contribution in [2.45, 2.75) is 19.9 Å². The monoisotopic (exact) mass is 229 g/mol. The summed E-state index contributed by atoms with van der Waals surface area (Å²) in [5, 5.41) is 3.12. The Bertz CT molecular complexity index is 288. The molecule has 1 rings (SSSR count). The molecule has 0 amide bonds. The Kier molecular flexibility index (Phi) is 5.96. The van der Waals surface area contributed by atoms with Crippen LogP contribution in [-0.2, 0) is 11.3 Å². The summed E-state index contributed by atoms with van der Waals surface area (Å²) in [5.41, 5.74) is 2.41. The van der Waals surface area contributed by atoms with E-state index in [1.807, 2.05) is 31.2 Å². The second-order valence-electron chi connectivity index (χ2n) is 3.63. The second-order valence-corrected chi connectivity index (χ2v) is 3.63. The number of alkyl halides is 2. The highest BCUT2D eigenvalue weighted by Crippen LogP contribution is 2.02. The maximum atomic E-state index is 11.7. The van der Waals surface area contributed by atoms with Crippen LogP contribution in [0.4, 0.5) is 8.78 Å². The van der Waals surface area contributed by atoms with Gasteiger partial charge in [0.05, 0.1) is 6.61 Å². The minimum Gasteiger partial charge on any atom is -0.374 e. The van der Waals surface area contributed by atoms with Crippen molar-refractivity contribution < 1.29 is 13.5 Å². The fourth-order valence-electron chi connectivity index (χ4n) is 1.26. The lowest BCUT2D eigenvalue weighted by atomic mass is 10.1. The van der Waals surface area contributed by atoms with E-state index in [1.165, 1.54) is 11.1 Å². The highest BCUT2D eigenvalue weighted by Gasteiger charge is 2.00. The van der Waals surface area contributed by atoms with Crippen molar-refractivity contribution >= 4 is 0 Å². The van der Waals surface area contributed by atoms with Gasteiger partial charge in [-0.2, -0.15) is 0 Å². The molecule has 4 heteroatoms. The molecule has 1 aromatic rings. The van der Waals surface area contributed by atoms with Crippen molar-refractivity contribution in [2.75, 3.05) is 19.8 Å². The predicted octanol–water partition coefficient (Wildman–Crippen LogP) is 2.37. The number of halogens is 2. The molecule has 2 nitrogen and oxygen atoms in total. The second kappa shape index (κ2) is 7.30. The standard InChI is InChI=1S/C12H17F2NO/c1-10-2-4-11(5-3-10)8-15-6-7-16-9-12(13)14/h2-5,12,15H,6-9H2,1H3. The van der Waals surface area contributed by atoms with E-state index in [4.69, 9.17) is 4.74 Å². The number of ether oxygens (including phenoxy) is 1. The van der Waals surface area contributed by atoms with Gasteiger partial charge in [0.15, 0.2) is 0 Å². The topological polar surface area (TPSA) is 21.3 Å². The van der Waals surface area contributed by atoms with Gasteiger partial charge in [-0.1, -0.05) is 29.8 Å². The minimum atomic E-state index is -2.38. The molecule has 1 N–H and O–H groups in total. The fraction of sp³-hybridized carbons (Fsp3) is 0.500. The van der Waals surface area contributed by atoms with Crippen LogP contribution in [0.5, 0.6) is 0 Å². The Morgan fingerprint density at radius 2 is 1.94 bits per heavy atom. The Morgan fingerprint density at radius 1 is 1.25 bits per heavy atom. The third kappa shape index (κ3) is 5.78. The van der Waals surface area contributed by atoms with Crippen molar-refractivity contribution in [1.82, 2.24) is 5.32 Å². The summed E-state index contributed by atoms with van der Waals surface area (Å²) in [5.74, 6) is 0. The van der Waals surface area contributed by atoms with Crippen molar-refractivity contribution in [3.8, 4) is 0 Å². The number of aryl methyl sites for hydroxylation is 1. The first-order valence-electron chi connectivity index (χ1n) is 5.30. The smallest absolute Gasteiger partial charge is 0.261 e. The SMILES string of the molecule is Cc1ccc(CNCCOCC(F)F)cc1. The van der Waals surface area contributed by atoms with Crippen LogP contribution in [-0.4, -0.2) is 26.2 Å². The van der Waals surface area contributed by atoms with Crippen LogP contribution < -0.4 is 5.32 Å². The van der Waals surface area contributed by atoms with Gasteiger partial charge in [0, 0.05) is 13.1 Å². The average Bonchev–Trinajstić information content (AvgIpc) is 2.25. The third-order valence-corrected chi connectivity index (χ3v) is 2.12. The lowest BCUT2D eigenvalue weighted by Crippen LogP contribution is -2.20. The number of hydrogen-bond donors (Lipinski definition) is 1. The Morgan fingerprint density at radius 3 is 2.56 bits per heavy atom. The zero-order valence-electron chi connectivity index (χ0n) is 9.38. The average molecular weight is 229 g/mol. The van der Waals surface area contributed by atoms with Crippen LogP contribution in [0.15, 0.2) is 24.3 Å². The largest absolute Gasteiger partial charge is 0.374 e. The van der Waals surface area contributed by atoms with Crippen molar-refractivity contribution in [3.63, 3.8) is 0 Å². The van der Waals surface area contributed by atoms with Gasteiger partial charge >= 0.3 is 0 Å². The molecule has 0 radical (unpaired) electrons. The van der Waals surface area contributed by atoms with Crippen LogP contribution in [0, 0.1) is 6.92 Å². The molecule has 0 heterocycles. The van der Waals surface area contributed by atoms with E-state index in [9.17, 15) is 8.78 Å². The first-order valence-corrected chi connectivity index (χ1v) is 5.30. The van der Waals surface area contributed by atoms with Crippen molar-refractivity contribution in [1.29, 1.82) is 0 Å². The number of nitrogens with one attached hydrogen (secondary N) is 1. The third-order valence-electron chi connectivity index (χ3n) is 2.12. The van der Waals surface area contributed by atoms with E-state index >= 15 is 0 Å². The molecule has 0 aliphatic heterocycles. The Balaban J connectivity index is 2.05. The molecule has 0 aliphatic rings. The van der Waals surface area contributed by atoms with E-state index in [0.717, 1.165) is 6.54 Å². The summed E-state index contributed by atoms with van der Waals surface area (Å²) < 4.78 is 28.1. The predicted molar refractivity (Wildman–Crippen MR) is 59.7 cm³/mol. The van der Waals surface area contributed by atoms with Crippen molar-refractivity contribution in [2.24, 2.45) is 0 Å². The van der Waals surface area contributed by atoms with E-state index in [1.54, 1.807) is 0 Å². The Hall–Kier alpha value is -1.00. The van der Waals surface area contributed by atoms with E-state index in [-0.39, 0.29) is 0 Å². The van der Waals surface area contributed by atoms with Gasteiger partial charge in [-0.25, -0.2) is 8.78 Å². The number of rotatable bonds is 7. The van der Waals surface area contributed by atoms with Gasteiger partial charge in [0.25, 0.3) is 6.43 Å². The number of hydrogen-bond acceptors (Lipinski definition) is 2. The van der Waals surface area contributed by atoms with E-state index < -0.39 is 13.0 Å². The van der Waals surface area contributed by atoms with Crippen LogP contribution in [0.2, 0.25) is 0 Å². The summed E-state index contributed by atoms with van der Waals surface area (Å²) in [7, 11) is 0. The summed E-state index contributed by atoms with van der Waals surface area (Å²) in [6.07, 6.45) is -2.38. The normalized spacial score (nSPS) is 11.0. The highest BCUT2D eigenvalue weighted by atomic mass is 19.3. The molecule has 90 valence electrons. The van der Waals surface area contributed by atoms with Gasteiger partial charge < -0.3 is 10.1 Å². The van der Waals surface area contributed by atoms with Crippen LogP contribution in [0.3, 0.4) is 0 Å². The molecule has 0 atom stereocenters. The van der Waals surface area contributed by atoms with Gasteiger partial charge in [0.2, 0.25) is 0 Å². The van der Waals surface area contributed by atoms with Gasteiger partial charge in [0.1, 0.15) is 6.61 Å². The molecular formula is C12H17F2NO. The van der Waals surface area contributed by atoms with E-state index in [2.05, 4.69) is 5.32 Å². The molecule has 0 spiro atoms. The maximum Gasteiger partial charge on any atom is 0.261 e. The molecule has 0 unspecified atom stereocenters. The highest BCUT2D eigenvalue weighted by molar-refractivity contribution is 5.20. The number of benzene rings is 1. The molecule has 0 bridgehead atoms. The molecule has 0 saturated heterocycles. The first kappa shape index (κ1) is 13.1. The Labute approximate surface area is 94.6 Å². The van der Waals surface area contributed by atoms with Crippen LogP contribution >= 0.6 is 0 Å². The molecule has 0 saturated carbocycles. The van der Waals surface area contributed by atoms with E-state index in [0.29, 0.717) is 13.2 Å². The molecule has 0 aromatic heterocycles. The summed E-state index contributed by atoms with van der Waals surface area (Å²) in [6, 6.07) is 8.18. The minimum absolute atomic E-state index is 0.316. The van der Waals surface area contributed by atoms with Gasteiger partial charge in [-0.3, -0.25) is 0 Å². The lowest BCUT2D eigenvalue weighted by molar-refractivity contribution is 0.0187. The fourth-order valence-corrected chi connectivity index (χ4v) is 1.26. The van der Waals surface area contributed by atoms with Crippen LogP contribution in [0.25, 0.3) is 0 Å². The molecule has 16 heavy (non-hydrogen) atoms. The summed E-state index contributed by atoms with van der Waals surface area (Å²) in [6.45, 7) is 3.19. The molecule has 0 aliphatic carbocycles. The maximum absolute atomic E-state index is 11.7. The van der Waals surface area contributed by atoms with Crippen molar-refractivity contribution in [3.05, 3.63) is 35.4 Å². The summed E-state index contributed by atoms with van der Waals surface area (Å²) >= 11 is 0. The van der Waals surface area contributed by atoms with Gasteiger partial charge in [-0.05, 0) is 12.5 Å².